The van der Waals surface area contributed by atoms with Crippen LogP contribution in [0.5, 0.6) is 0 Å². The Kier molecular flexibility index (Phi) is 5.72. The molecule has 0 bridgehead atoms. The third-order valence-electron chi connectivity index (χ3n) is 5.85. The Labute approximate surface area is 176 Å². The van der Waals surface area contributed by atoms with E-state index in [1.807, 2.05) is 46.8 Å². The van der Waals surface area contributed by atoms with Crippen LogP contribution in [0, 0.1) is 11.8 Å². The lowest BCUT2D eigenvalue weighted by Gasteiger charge is -2.17. The lowest BCUT2D eigenvalue weighted by Crippen LogP contribution is -2.29. The van der Waals surface area contributed by atoms with Crippen LogP contribution in [-0.2, 0) is 0 Å². The van der Waals surface area contributed by atoms with E-state index in [0.29, 0.717) is 11.6 Å². The van der Waals surface area contributed by atoms with Crippen molar-refractivity contribution in [3.05, 3.63) is 47.6 Å². The van der Waals surface area contributed by atoms with Gasteiger partial charge in [-0.25, -0.2) is 4.98 Å². The molecule has 1 saturated heterocycles. The number of nitrogens with two attached hydrogens (primary N) is 1. The minimum atomic E-state index is 0.0918. The number of H-pyrrole nitrogens is 1. The highest BCUT2D eigenvalue weighted by Gasteiger charge is 2.28. The van der Waals surface area contributed by atoms with Crippen LogP contribution in [0.4, 0.5) is 5.69 Å². The van der Waals surface area contributed by atoms with Gasteiger partial charge >= 0.3 is 0 Å². The fourth-order valence-corrected chi connectivity index (χ4v) is 4.82. The summed E-state index contributed by atoms with van der Waals surface area (Å²) in [5, 5.41) is 2.95. The minimum absolute atomic E-state index is 0.0918. The zero-order chi connectivity index (χ0) is 20.4. The van der Waals surface area contributed by atoms with Gasteiger partial charge in [0.2, 0.25) is 0 Å². The summed E-state index contributed by atoms with van der Waals surface area (Å²) in [5.41, 5.74) is 10.1. The van der Waals surface area contributed by atoms with Crippen molar-refractivity contribution in [2.75, 3.05) is 18.8 Å². The second-order valence-electron chi connectivity index (χ2n) is 8.12. The van der Waals surface area contributed by atoms with E-state index in [2.05, 4.69) is 18.8 Å². The molecule has 1 aliphatic rings. The Morgan fingerprint density at radius 1 is 1.38 bits per heavy atom. The van der Waals surface area contributed by atoms with Crippen LogP contribution >= 0.6 is 11.3 Å². The Balaban J connectivity index is 1.44. The number of amides is 1. The SMILES string of the molecule is CCC(C)CC1CCN(C(=O)c2cc(-c3csc(-c4cccc(N)c4)n3)c[nH]2)C1. The van der Waals surface area contributed by atoms with E-state index in [0.717, 1.165) is 52.9 Å². The minimum Gasteiger partial charge on any atom is -0.399 e. The second-order valence-corrected chi connectivity index (χ2v) is 8.98. The average Bonchev–Trinajstić information content (AvgIpc) is 3.47. The number of hydrogen-bond donors (Lipinski definition) is 2. The van der Waals surface area contributed by atoms with E-state index >= 15 is 0 Å². The molecule has 6 heteroatoms. The molecule has 2 aromatic heterocycles. The summed E-state index contributed by atoms with van der Waals surface area (Å²) in [6.07, 6.45) is 5.40. The van der Waals surface area contributed by atoms with E-state index < -0.39 is 0 Å². The molecule has 0 spiro atoms. The first-order valence-electron chi connectivity index (χ1n) is 10.3. The Morgan fingerprint density at radius 3 is 3.03 bits per heavy atom. The van der Waals surface area contributed by atoms with Gasteiger partial charge in [0, 0.05) is 41.5 Å². The highest BCUT2D eigenvalue weighted by atomic mass is 32.1. The normalized spacial score (nSPS) is 17.6. The summed E-state index contributed by atoms with van der Waals surface area (Å²) in [7, 11) is 0. The van der Waals surface area contributed by atoms with Crippen LogP contribution in [-0.4, -0.2) is 33.9 Å². The molecule has 3 N–H and O–H groups in total. The Morgan fingerprint density at radius 2 is 2.24 bits per heavy atom. The van der Waals surface area contributed by atoms with Gasteiger partial charge in [-0.15, -0.1) is 11.3 Å². The lowest BCUT2D eigenvalue weighted by molar-refractivity contribution is 0.0780. The molecule has 1 aromatic carbocycles. The van der Waals surface area contributed by atoms with Crippen molar-refractivity contribution in [2.45, 2.75) is 33.1 Å². The third kappa shape index (κ3) is 4.37. The number of aromatic nitrogens is 2. The van der Waals surface area contributed by atoms with Crippen LogP contribution in [0.1, 0.15) is 43.6 Å². The van der Waals surface area contributed by atoms with Gasteiger partial charge in [0.25, 0.3) is 5.91 Å². The maximum atomic E-state index is 12.9. The van der Waals surface area contributed by atoms with Gasteiger partial charge in [0.1, 0.15) is 10.7 Å². The molecule has 2 atom stereocenters. The zero-order valence-electron chi connectivity index (χ0n) is 17.0. The van der Waals surface area contributed by atoms with Crippen LogP contribution in [0.2, 0.25) is 0 Å². The first-order valence-corrected chi connectivity index (χ1v) is 11.2. The standard InChI is InChI=1S/C23H28N4OS/c1-3-15(2)9-16-7-8-27(13-16)23(28)20-11-18(12-25-20)21-14-29-22(26-21)17-5-4-6-19(24)10-17/h4-6,10-12,14-16,25H,3,7-9,13,24H2,1-2H3. The quantitative estimate of drug-likeness (QED) is 0.545. The number of thiazole rings is 1. The van der Waals surface area contributed by atoms with Gasteiger partial charge in [0.05, 0.1) is 5.69 Å². The number of carbonyl (C=O) groups excluding carboxylic acids is 1. The van der Waals surface area contributed by atoms with Crippen molar-refractivity contribution >= 4 is 22.9 Å². The fraction of sp³-hybridized carbons (Fsp3) is 0.391. The number of rotatable bonds is 6. The van der Waals surface area contributed by atoms with Crippen molar-refractivity contribution in [3.63, 3.8) is 0 Å². The molecule has 0 aliphatic carbocycles. The largest absolute Gasteiger partial charge is 0.399 e. The van der Waals surface area contributed by atoms with Crippen LogP contribution in [0.15, 0.2) is 41.9 Å². The summed E-state index contributed by atoms with van der Waals surface area (Å²) in [6, 6.07) is 9.66. The number of hydrogen-bond acceptors (Lipinski definition) is 4. The number of nitrogens with one attached hydrogen (secondary N) is 1. The topological polar surface area (TPSA) is 75.0 Å². The smallest absolute Gasteiger partial charge is 0.270 e. The van der Waals surface area contributed by atoms with Gasteiger partial charge in [-0.2, -0.15) is 0 Å². The molecule has 0 saturated carbocycles. The molecule has 0 radical (unpaired) electrons. The van der Waals surface area contributed by atoms with Crippen LogP contribution < -0.4 is 5.73 Å². The number of likely N-dealkylation sites (tertiary alicyclic amines) is 1. The fourth-order valence-electron chi connectivity index (χ4n) is 3.99. The summed E-state index contributed by atoms with van der Waals surface area (Å²) in [4.78, 5) is 22.8. The summed E-state index contributed by atoms with van der Waals surface area (Å²) < 4.78 is 0. The van der Waals surface area contributed by atoms with Crippen LogP contribution in [0.3, 0.4) is 0 Å². The van der Waals surface area contributed by atoms with Gasteiger partial charge in [-0.05, 0) is 42.9 Å². The number of aromatic amines is 1. The molecule has 2 unspecified atom stereocenters. The number of nitrogen functional groups attached to an aromatic ring is 1. The summed E-state index contributed by atoms with van der Waals surface area (Å²) >= 11 is 1.58. The monoisotopic (exact) mass is 408 g/mol. The molecule has 3 heterocycles. The predicted molar refractivity (Wildman–Crippen MR) is 120 cm³/mol. The Hall–Kier alpha value is -2.60. The summed E-state index contributed by atoms with van der Waals surface area (Å²) in [6.45, 7) is 6.26. The third-order valence-corrected chi connectivity index (χ3v) is 6.74. The molecule has 3 aromatic rings. The van der Waals surface area contributed by atoms with E-state index in [4.69, 9.17) is 10.7 Å². The molecule has 1 aliphatic heterocycles. The van der Waals surface area contributed by atoms with Gasteiger partial charge in [-0.1, -0.05) is 32.4 Å². The molecule has 1 amide bonds. The molecular weight excluding hydrogens is 380 g/mol. The lowest BCUT2D eigenvalue weighted by atomic mass is 9.93. The molecule has 1 fully saturated rings. The highest BCUT2D eigenvalue weighted by Crippen LogP contribution is 2.31. The highest BCUT2D eigenvalue weighted by molar-refractivity contribution is 7.13. The Bertz CT molecular complexity index is 992. The van der Waals surface area contributed by atoms with Crippen LogP contribution in [0.25, 0.3) is 21.8 Å². The molecule has 4 rings (SSSR count). The second kappa shape index (κ2) is 8.41. The molecular formula is C23H28N4OS. The first-order chi connectivity index (χ1) is 14.0. The first kappa shape index (κ1) is 19.7. The molecule has 5 nitrogen and oxygen atoms in total. The van der Waals surface area contributed by atoms with Gasteiger partial charge in [-0.3, -0.25) is 4.79 Å². The number of nitrogens with zero attached hydrogens (tertiary/aromatic N) is 2. The molecule has 152 valence electrons. The maximum absolute atomic E-state index is 12.9. The number of benzene rings is 1. The zero-order valence-corrected chi connectivity index (χ0v) is 17.8. The predicted octanol–water partition coefficient (Wildman–Crippen LogP) is 5.29. The van der Waals surface area contributed by atoms with E-state index in [1.54, 1.807) is 11.3 Å². The van der Waals surface area contributed by atoms with Gasteiger partial charge < -0.3 is 15.6 Å². The van der Waals surface area contributed by atoms with E-state index in [9.17, 15) is 4.79 Å². The van der Waals surface area contributed by atoms with E-state index in [-0.39, 0.29) is 5.91 Å². The van der Waals surface area contributed by atoms with Crippen molar-refractivity contribution in [2.24, 2.45) is 11.8 Å². The molecule has 29 heavy (non-hydrogen) atoms. The summed E-state index contributed by atoms with van der Waals surface area (Å²) in [5.74, 6) is 1.45. The van der Waals surface area contributed by atoms with E-state index in [1.165, 1.54) is 12.8 Å². The maximum Gasteiger partial charge on any atom is 0.270 e. The van der Waals surface area contributed by atoms with Crippen molar-refractivity contribution in [1.29, 1.82) is 0 Å². The average molecular weight is 409 g/mol. The van der Waals surface area contributed by atoms with Crippen molar-refractivity contribution < 1.29 is 4.79 Å². The number of anilines is 1. The van der Waals surface area contributed by atoms with Crippen molar-refractivity contribution in [1.82, 2.24) is 14.9 Å². The van der Waals surface area contributed by atoms with Crippen molar-refractivity contribution in [3.8, 4) is 21.8 Å². The van der Waals surface area contributed by atoms with Gasteiger partial charge in [0.15, 0.2) is 0 Å². The number of carbonyl (C=O) groups is 1.